The molecule has 0 saturated carbocycles. The predicted molar refractivity (Wildman–Crippen MR) is 97.9 cm³/mol. The Morgan fingerprint density at radius 1 is 0.958 bits per heavy atom. The molecule has 2 atom stereocenters. The molecule has 0 heterocycles. The molecule has 4 rings (SSSR count). The third kappa shape index (κ3) is 2.17. The molecule has 2 aromatic carbocycles. The van der Waals surface area contributed by atoms with Crippen LogP contribution in [0.2, 0.25) is 0 Å². The van der Waals surface area contributed by atoms with Crippen LogP contribution >= 0.6 is 0 Å². The highest BCUT2D eigenvalue weighted by Crippen LogP contribution is 2.47. The Morgan fingerprint density at radius 2 is 1.58 bits per heavy atom. The molecular weight excluding hydrogens is 301 g/mol. The third-order valence-corrected chi connectivity index (χ3v) is 5.73. The van der Waals surface area contributed by atoms with Crippen LogP contribution in [0, 0.1) is 24.5 Å². The predicted octanol–water partition coefficient (Wildman–Crippen LogP) is 5.18. The molecule has 0 aliphatic heterocycles. The fraction of sp³-hybridized carbons (Fsp3) is 0.333. The number of fused-ring (bicyclic) bond motifs is 3. The van der Waals surface area contributed by atoms with E-state index in [1.165, 1.54) is 0 Å². The van der Waals surface area contributed by atoms with Crippen LogP contribution < -0.4 is 0 Å². The van der Waals surface area contributed by atoms with Crippen molar-refractivity contribution in [3.63, 3.8) is 0 Å². The maximum Gasteiger partial charge on any atom is 0.134 e. The van der Waals surface area contributed by atoms with E-state index in [2.05, 4.69) is 13.0 Å². The largest absolute Gasteiger partial charge is 0.206 e. The molecule has 0 aromatic heterocycles. The van der Waals surface area contributed by atoms with E-state index >= 15 is 4.39 Å². The molecule has 0 saturated heterocycles. The van der Waals surface area contributed by atoms with Crippen LogP contribution in [0.5, 0.6) is 0 Å². The lowest BCUT2D eigenvalue weighted by atomic mass is 9.77. The smallest absolute Gasteiger partial charge is 0.134 e. The number of halogens is 2. The van der Waals surface area contributed by atoms with Crippen LogP contribution in [-0.4, -0.2) is 7.85 Å². The van der Waals surface area contributed by atoms with Gasteiger partial charge in [0.25, 0.3) is 0 Å². The van der Waals surface area contributed by atoms with Crippen molar-refractivity contribution >= 4 is 13.4 Å². The molecule has 2 aromatic rings. The molecule has 2 aliphatic carbocycles. The number of rotatable bonds is 1. The molecule has 0 spiro atoms. The van der Waals surface area contributed by atoms with E-state index in [9.17, 15) is 4.39 Å². The molecule has 2 unspecified atom stereocenters. The minimum Gasteiger partial charge on any atom is -0.206 e. The lowest BCUT2D eigenvalue weighted by Gasteiger charge is -2.20. The Hall–Kier alpha value is -1.90. The van der Waals surface area contributed by atoms with Gasteiger partial charge in [0.2, 0.25) is 0 Å². The van der Waals surface area contributed by atoms with E-state index in [-0.39, 0.29) is 17.5 Å². The van der Waals surface area contributed by atoms with Crippen LogP contribution in [0.4, 0.5) is 8.78 Å². The normalized spacial score (nSPS) is 22.1. The van der Waals surface area contributed by atoms with Crippen molar-refractivity contribution in [2.75, 3.05) is 0 Å². The van der Waals surface area contributed by atoms with Gasteiger partial charge in [-0.25, -0.2) is 8.78 Å². The summed E-state index contributed by atoms with van der Waals surface area (Å²) >= 11 is 0. The van der Waals surface area contributed by atoms with Crippen molar-refractivity contribution in [3.05, 3.63) is 64.2 Å². The number of allylic oxidation sites excluding steroid dienone is 2. The summed E-state index contributed by atoms with van der Waals surface area (Å²) in [4.78, 5) is 0. The zero-order valence-electron chi connectivity index (χ0n) is 14.4. The highest BCUT2D eigenvalue weighted by molar-refractivity contribution is 6.17. The van der Waals surface area contributed by atoms with Crippen molar-refractivity contribution in [2.45, 2.75) is 38.9 Å². The van der Waals surface area contributed by atoms with Crippen molar-refractivity contribution in [1.82, 2.24) is 0 Å². The maximum absolute atomic E-state index is 15.3. The molecule has 122 valence electrons. The van der Waals surface area contributed by atoms with Gasteiger partial charge in [-0.1, -0.05) is 37.3 Å². The van der Waals surface area contributed by atoms with Gasteiger partial charge >= 0.3 is 0 Å². The van der Waals surface area contributed by atoms with Gasteiger partial charge < -0.3 is 0 Å². The minimum atomic E-state index is -0.238. The lowest BCUT2D eigenvalue weighted by Crippen LogP contribution is -2.06. The standard InChI is InChI=1S/C21H21BF2/c1-11-3-6-13(7-4-11)14-9-10-16-15-8-5-12(2)20(23)17(15)19(22)18(16)21(14)24/h5-6,8-11,19H,3-4,7,22H2,1-2H3. The summed E-state index contributed by atoms with van der Waals surface area (Å²) in [7, 11) is 1.91. The first-order chi connectivity index (χ1) is 11.5. The molecule has 0 fully saturated rings. The van der Waals surface area contributed by atoms with Crippen molar-refractivity contribution in [2.24, 2.45) is 5.92 Å². The van der Waals surface area contributed by atoms with E-state index in [1.807, 2.05) is 26.0 Å². The molecule has 0 radical (unpaired) electrons. The molecule has 0 N–H and O–H groups in total. The third-order valence-electron chi connectivity index (χ3n) is 5.73. The van der Waals surface area contributed by atoms with Gasteiger partial charge in [-0.05, 0) is 71.3 Å². The highest BCUT2D eigenvalue weighted by Gasteiger charge is 2.33. The van der Waals surface area contributed by atoms with E-state index in [4.69, 9.17) is 0 Å². The fourth-order valence-electron chi connectivity index (χ4n) is 4.21. The molecule has 0 nitrogen and oxygen atoms in total. The van der Waals surface area contributed by atoms with Crippen molar-refractivity contribution in [3.8, 4) is 11.1 Å². The summed E-state index contributed by atoms with van der Waals surface area (Å²) in [6.07, 6.45) is 5.21. The first kappa shape index (κ1) is 15.6. The van der Waals surface area contributed by atoms with Crippen LogP contribution in [0.3, 0.4) is 0 Å². The number of hydrogen-bond donors (Lipinski definition) is 0. The molecule has 2 aliphatic rings. The van der Waals surface area contributed by atoms with Gasteiger partial charge in [0.15, 0.2) is 0 Å². The Balaban J connectivity index is 1.86. The second kappa shape index (κ2) is 5.58. The van der Waals surface area contributed by atoms with Gasteiger partial charge in [-0.3, -0.25) is 0 Å². The molecule has 0 bridgehead atoms. The van der Waals surface area contributed by atoms with E-state index < -0.39 is 0 Å². The maximum atomic E-state index is 15.3. The average molecular weight is 322 g/mol. The zero-order chi connectivity index (χ0) is 17.0. The fourth-order valence-corrected chi connectivity index (χ4v) is 4.21. The number of benzene rings is 2. The topological polar surface area (TPSA) is 0 Å². The van der Waals surface area contributed by atoms with Gasteiger partial charge in [0.05, 0.1) is 0 Å². The van der Waals surface area contributed by atoms with Crippen LogP contribution in [-0.2, 0) is 0 Å². The second-order valence-corrected chi connectivity index (χ2v) is 7.38. The van der Waals surface area contributed by atoms with Gasteiger partial charge in [0.1, 0.15) is 19.5 Å². The van der Waals surface area contributed by atoms with Crippen LogP contribution in [0.25, 0.3) is 16.7 Å². The highest BCUT2D eigenvalue weighted by atomic mass is 19.1. The first-order valence-corrected chi connectivity index (χ1v) is 8.80. The average Bonchev–Trinajstić information content (AvgIpc) is 2.86. The Labute approximate surface area is 143 Å². The van der Waals surface area contributed by atoms with E-state index in [0.717, 1.165) is 36.0 Å². The monoisotopic (exact) mass is 322 g/mol. The van der Waals surface area contributed by atoms with Gasteiger partial charge in [0, 0.05) is 5.56 Å². The van der Waals surface area contributed by atoms with E-state index in [0.29, 0.717) is 28.2 Å². The SMILES string of the molecule is BC1c2c(ccc(C)c2F)-c2ccc(C3=CCC(C)CC3)c(F)c21. The summed E-state index contributed by atoms with van der Waals surface area (Å²) in [5.41, 5.74) is 5.43. The van der Waals surface area contributed by atoms with Crippen LogP contribution in [0.1, 0.15) is 54.3 Å². The van der Waals surface area contributed by atoms with Gasteiger partial charge in [-0.2, -0.15) is 0 Å². The molecule has 24 heavy (non-hydrogen) atoms. The quantitative estimate of drug-likeness (QED) is 0.635. The molecule has 3 heteroatoms. The van der Waals surface area contributed by atoms with Crippen molar-refractivity contribution in [1.29, 1.82) is 0 Å². The number of hydrogen-bond acceptors (Lipinski definition) is 0. The van der Waals surface area contributed by atoms with Crippen molar-refractivity contribution < 1.29 is 8.78 Å². The summed E-state index contributed by atoms with van der Waals surface area (Å²) in [6.45, 7) is 4.00. The summed E-state index contributed by atoms with van der Waals surface area (Å²) in [5.74, 6) is 0.0846. The Kier molecular flexibility index (Phi) is 3.63. The Bertz CT molecular complexity index is 867. The van der Waals surface area contributed by atoms with Crippen LogP contribution in [0.15, 0.2) is 30.3 Å². The summed E-state index contributed by atoms with van der Waals surface area (Å²) < 4.78 is 30.0. The second-order valence-electron chi connectivity index (χ2n) is 7.38. The zero-order valence-corrected chi connectivity index (χ0v) is 14.4. The first-order valence-electron chi connectivity index (χ1n) is 8.80. The Morgan fingerprint density at radius 3 is 2.25 bits per heavy atom. The minimum absolute atomic E-state index is 0.158. The van der Waals surface area contributed by atoms with Gasteiger partial charge in [-0.15, -0.1) is 0 Å². The summed E-state index contributed by atoms with van der Waals surface area (Å²) in [6, 6.07) is 7.57. The number of aryl methyl sites for hydroxylation is 1. The lowest BCUT2D eigenvalue weighted by molar-refractivity contribution is 0.531. The molecule has 0 amide bonds. The summed E-state index contributed by atoms with van der Waals surface area (Å²) in [5, 5.41) is 0. The van der Waals surface area contributed by atoms with E-state index in [1.54, 1.807) is 13.0 Å². The molecular formula is C21H21BF2.